The lowest BCUT2D eigenvalue weighted by Gasteiger charge is -2.24. The topological polar surface area (TPSA) is 180 Å². The predicted octanol–water partition coefficient (Wildman–Crippen LogP) is 0.779. The van der Waals surface area contributed by atoms with Gasteiger partial charge in [0.1, 0.15) is 23.9 Å². The number of rotatable bonds is 15. The number of benzene rings is 1. The van der Waals surface area contributed by atoms with Crippen molar-refractivity contribution in [1.29, 1.82) is 0 Å². The predicted molar refractivity (Wildman–Crippen MR) is 145 cm³/mol. The van der Waals surface area contributed by atoms with Crippen molar-refractivity contribution >= 4 is 35.5 Å². The Kier molecular flexibility index (Phi) is 12.8. The van der Waals surface area contributed by atoms with Gasteiger partial charge in [0.2, 0.25) is 17.7 Å². The van der Waals surface area contributed by atoms with Crippen molar-refractivity contribution < 1.29 is 34.1 Å². The zero-order valence-corrected chi connectivity index (χ0v) is 23.0. The Morgan fingerprint density at radius 3 is 2.37 bits per heavy atom. The molecular weight excluding hydrogens is 512 g/mol. The van der Waals surface area contributed by atoms with Gasteiger partial charge in [0.25, 0.3) is 0 Å². The minimum atomic E-state index is -1.15. The van der Waals surface area contributed by atoms with Gasteiger partial charge in [-0.15, -0.1) is 0 Å². The van der Waals surface area contributed by atoms with Crippen LogP contribution in [0.1, 0.15) is 45.1 Å². The van der Waals surface area contributed by atoms with Crippen LogP contribution in [0, 0.1) is 5.92 Å². The van der Waals surface area contributed by atoms with Gasteiger partial charge in [0, 0.05) is 13.0 Å². The monoisotopic (exact) mass is 552 g/mol. The first kappa shape index (κ1) is 31.4. The minimum Gasteiger partial charge on any atom is -0.508 e. The van der Waals surface area contributed by atoms with Crippen molar-refractivity contribution in [1.82, 2.24) is 16.0 Å². The van der Waals surface area contributed by atoms with E-state index in [1.54, 1.807) is 23.9 Å². The molecule has 1 aliphatic heterocycles. The molecule has 12 heteroatoms. The molecule has 0 spiro atoms. The van der Waals surface area contributed by atoms with E-state index in [1.807, 2.05) is 20.1 Å². The number of carboxylic acid groups (broad SMARTS) is 1. The maximum Gasteiger partial charge on any atom is 0.326 e. The fourth-order valence-electron chi connectivity index (χ4n) is 4.08. The van der Waals surface area contributed by atoms with E-state index in [4.69, 9.17) is 10.5 Å². The molecule has 2 rings (SSSR count). The summed E-state index contributed by atoms with van der Waals surface area (Å²) in [6.07, 6.45) is 2.60. The van der Waals surface area contributed by atoms with Crippen LogP contribution in [0.5, 0.6) is 5.75 Å². The lowest BCUT2D eigenvalue weighted by molar-refractivity contribution is -0.143. The number of carboxylic acids is 1. The second kappa shape index (κ2) is 15.6. The van der Waals surface area contributed by atoms with Gasteiger partial charge in [-0.2, -0.15) is 11.8 Å². The van der Waals surface area contributed by atoms with Crippen LogP contribution < -0.4 is 21.7 Å². The molecule has 1 aliphatic rings. The number of nitrogens with two attached hydrogens (primary N) is 1. The number of nitrogens with one attached hydrogen (secondary N) is 3. The van der Waals surface area contributed by atoms with Gasteiger partial charge in [-0.1, -0.05) is 26.0 Å². The molecule has 3 amide bonds. The Hall–Kier alpha value is -2.83. The number of thioether (sulfide) groups is 1. The number of hydrogen-bond donors (Lipinski definition) is 6. The van der Waals surface area contributed by atoms with E-state index in [1.165, 1.54) is 12.1 Å². The first-order valence-corrected chi connectivity index (χ1v) is 14.2. The Morgan fingerprint density at radius 2 is 1.76 bits per heavy atom. The number of carbonyl (C=O) groups excluding carboxylic acids is 3. The molecule has 1 aromatic rings. The van der Waals surface area contributed by atoms with E-state index in [2.05, 4.69) is 16.0 Å². The highest BCUT2D eigenvalue weighted by Gasteiger charge is 2.34. The third kappa shape index (κ3) is 10.5. The molecule has 38 heavy (non-hydrogen) atoms. The molecule has 1 saturated heterocycles. The fraction of sp³-hybridized carbons (Fsp3) is 0.615. The molecule has 0 saturated carbocycles. The first-order valence-electron chi connectivity index (χ1n) is 12.8. The Bertz CT molecular complexity index is 944. The average Bonchev–Trinajstić information content (AvgIpc) is 3.35. The summed E-state index contributed by atoms with van der Waals surface area (Å²) in [7, 11) is 0. The van der Waals surface area contributed by atoms with Crippen LogP contribution in [0.3, 0.4) is 0 Å². The third-order valence-electron chi connectivity index (χ3n) is 6.20. The molecule has 212 valence electrons. The minimum absolute atomic E-state index is 0.0333. The van der Waals surface area contributed by atoms with Crippen LogP contribution in [-0.4, -0.2) is 82.8 Å². The molecule has 5 atom stereocenters. The smallest absolute Gasteiger partial charge is 0.326 e. The molecule has 11 nitrogen and oxygen atoms in total. The summed E-state index contributed by atoms with van der Waals surface area (Å²) in [6.45, 7) is 3.93. The summed E-state index contributed by atoms with van der Waals surface area (Å²) in [6, 6.07) is 3.43. The molecule has 0 aromatic heterocycles. The summed E-state index contributed by atoms with van der Waals surface area (Å²) in [5, 5.41) is 27.1. The number of phenolic OH excluding ortho intramolecular Hbond substituents is 1. The highest BCUT2D eigenvalue weighted by molar-refractivity contribution is 7.98. The van der Waals surface area contributed by atoms with E-state index in [-0.39, 0.29) is 43.1 Å². The zero-order valence-electron chi connectivity index (χ0n) is 22.1. The second-order valence-electron chi connectivity index (χ2n) is 9.92. The molecule has 0 aliphatic carbocycles. The number of hydrogen-bond acceptors (Lipinski definition) is 8. The van der Waals surface area contributed by atoms with Crippen LogP contribution in [-0.2, 0) is 30.3 Å². The number of carbonyl (C=O) groups is 4. The van der Waals surface area contributed by atoms with Gasteiger partial charge in [-0.05, 0) is 61.3 Å². The van der Waals surface area contributed by atoms with Gasteiger partial charge in [0.15, 0.2) is 0 Å². The molecule has 0 unspecified atom stereocenters. The normalized spacial score (nSPS) is 19.4. The van der Waals surface area contributed by atoms with Gasteiger partial charge >= 0.3 is 5.97 Å². The van der Waals surface area contributed by atoms with Crippen molar-refractivity contribution in [2.24, 2.45) is 11.7 Å². The second-order valence-corrected chi connectivity index (χ2v) is 10.9. The highest BCUT2D eigenvalue weighted by atomic mass is 32.2. The first-order chi connectivity index (χ1) is 18.0. The van der Waals surface area contributed by atoms with Crippen molar-refractivity contribution in [2.75, 3.05) is 18.6 Å². The SMILES string of the molecule is CSCC[C@H](N)C(=O)NC[C@@H]1CC[C@H](C(=O)N[C@@H](Cc2ccc(O)cc2)C(=O)N[C@@H](CC(C)C)C(=O)O)O1. The number of aromatic hydroxyl groups is 1. The van der Waals surface area contributed by atoms with Crippen LogP contribution in [0.2, 0.25) is 0 Å². The van der Waals surface area contributed by atoms with Gasteiger partial charge in [-0.3, -0.25) is 14.4 Å². The molecule has 1 fully saturated rings. The van der Waals surface area contributed by atoms with E-state index >= 15 is 0 Å². The van der Waals surface area contributed by atoms with Crippen LogP contribution >= 0.6 is 11.8 Å². The number of aliphatic carboxylic acids is 1. The Balaban J connectivity index is 2.01. The molecule has 0 radical (unpaired) electrons. The number of amides is 3. The van der Waals surface area contributed by atoms with Crippen LogP contribution in [0.15, 0.2) is 24.3 Å². The van der Waals surface area contributed by atoms with E-state index in [0.29, 0.717) is 24.8 Å². The maximum absolute atomic E-state index is 13.1. The molecule has 0 bridgehead atoms. The van der Waals surface area contributed by atoms with Gasteiger partial charge in [-0.25, -0.2) is 4.79 Å². The molecule has 1 heterocycles. The van der Waals surface area contributed by atoms with Crippen molar-refractivity contribution in [3.05, 3.63) is 29.8 Å². The highest BCUT2D eigenvalue weighted by Crippen LogP contribution is 2.20. The maximum atomic E-state index is 13.1. The average molecular weight is 553 g/mol. The molecule has 7 N–H and O–H groups in total. The number of phenols is 1. The summed E-state index contributed by atoms with van der Waals surface area (Å²) in [5.74, 6) is -1.67. The standard InChI is InChI=1S/C26H40N4O7S/c1-15(2)12-21(26(35)36)30-24(33)20(13-16-4-6-17(31)7-5-16)29-25(34)22-9-8-18(37-22)14-28-23(32)19(27)10-11-38-3/h4-7,15,18-22,31H,8-14,27H2,1-3H3,(H,28,32)(H,29,34)(H,30,33)(H,35,36)/t18-,19-,20-,21-,22+/m0/s1. The molecule has 1 aromatic carbocycles. The lowest BCUT2D eigenvalue weighted by Crippen LogP contribution is -2.54. The van der Waals surface area contributed by atoms with Crippen molar-refractivity contribution in [2.45, 2.75) is 76.3 Å². The van der Waals surface area contributed by atoms with Crippen molar-refractivity contribution in [3.63, 3.8) is 0 Å². The molecular formula is C26H40N4O7S. The number of ether oxygens (including phenoxy) is 1. The van der Waals surface area contributed by atoms with Gasteiger partial charge in [0.05, 0.1) is 12.1 Å². The fourth-order valence-corrected chi connectivity index (χ4v) is 4.57. The summed E-state index contributed by atoms with van der Waals surface area (Å²) < 4.78 is 5.82. The lowest BCUT2D eigenvalue weighted by atomic mass is 10.0. The third-order valence-corrected chi connectivity index (χ3v) is 6.85. The van der Waals surface area contributed by atoms with Crippen molar-refractivity contribution in [3.8, 4) is 5.75 Å². The summed E-state index contributed by atoms with van der Waals surface area (Å²) in [4.78, 5) is 50.0. The van der Waals surface area contributed by atoms with Crippen LogP contribution in [0.4, 0.5) is 0 Å². The Labute approximate surface area is 227 Å². The summed E-state index contributed by atoms with van der Waals surface area (Å²) in [5.41, 5.74) is 6.55. The van der Waals surface area contributed by atoms with E-state index in [0.717, 1.165) is 5.75 Å². The van der Waals surface area contributed by atoms with E-state index in [9.17, 15) is 29.4 Å². The Morgan fingerprint density at radius 1 is 1.08 bits per heavy atom. The zero-order chi connectivity index (χ0) is 28.2. The largest absolute Gasteiger partial charge is 0.508 e. The van der Waals surface area contributed by atoms with E-state index < -0.39 is 42.0 Å². The quantitative estimate of drug-likeness (QED) is 0.183. The van der Waals surface area contributed by atoms with Gasteiger partial charge < -0.3 is 36.6 Å². The van der Waals surface area contributed by atoms with Crippen LogP contribution in [0.25, 0.3) is 0 Å². The summed E-state index contributed by atoms with van der Waals surface area (Å²) >= 11 is 1.61.